The number of hydrogen-bond acceptors (Lipinski definition) is 5. The van der Waals surface area contributed by atoms with Gasteiger partial charge in [0, 0.05) is 25.6 Å². The van der Waals surface area contributed by atoms with E-state index in [1.54, 1.807) is 30.2 Å². The van der Waals surface area contributed by atoms with Gasteiger partial charge in [-0.1, -0.05) is 0 Å². The lowest BCUT2D eigenvalue weighted by Gasteiger charge is -2.20. The molecule has 2 amide bonds. The predicted octanol–water partition coefficient (Wildman–Crippen LogP) is 0.943. The number of carbonyl (C=O) groups excluding carboxylic acids is 2. The molecule has 7 nitrogen and oxygen atoms in total. The van der Waals surface area contributed by atoms with Crippen LogP contribution in [0, 0.1) is 5.92 Å². The minimum Gasteiger partial charge on any atom is -0.497 e. The average molecular weight is 358 g/mol. The first kappa shape index (κ1) is 20.1. The Hall–Kier alpha value is -1.99. The molecule has 1 heterocycles. The minimum atomic E-state index is -0.355. The Morgan fingerprint density at radius 1 is 1.38 bits per heavy atom. The van der Waals surface area contributed by atoms with E-state index < -0.39 is 0 Å². The lowest BCUT2D eigenvalue weighted by atomic mass is 10.1. The van der Waals surface area contributed by atoms with Crippen molar-refractivity contribution in [3.63, 3.8) is 0 Å². The summed E-state index contributed by atoms with van der Waals surface area (Å²) in [5, 5.41) is 2.82. The fourth-order valence-corrected chi connectivity index (χ4v) is 2.58. The van der Waals surface area contributed by atoms with Gasteiger partial charge in [0.15, 0.2) is 0 Å². The number of benzene rings is 1. The molecule has 0 spiro atoms. The number of nitrogens with zero attached hydrogens (tertiary/aromatic N) is 1. The summed E-state index contributed by atoms with van der Waals surface area (Å²) in [6.45, 7) is 1.40. The highest BCUT2D eigenvalue weighted by atomic mass is 35.5. The number of ether oxygens (including phenoxy) is 2. The third-order valence-electron chi connectivity index (χ3n) is 3.85. The molecule has 134 valence electrons. The Balaban J connectivity index is 0.00000288. The summed E-state index contributed by atoms with van der Waals surface area (Å²) in [7, 11) is 3.10. The number of nitrogens with one attached hydrogen (secondary N) is 1. The van der Waals surface area contributed by atoms with Gasteiger partial charge in [-0.25, -0.2) is 0 Å². The van der Waals surface area contributed by atoms with Crippen molar-refractivity contribution in [2.45, 2.75) is 12.8 Å². The zero-order valence-corrected chi connectivity index (χ0v) is 14.7. The van der Waals surface area contributed by atoms with E-state index in [1.807, 2.05) is 0 Å². The van der Waals surface area contributed by atoms with Gasteiger partial charge in [0.05, 0.1) is 25.8 Å². The standard InChI is InChI=1S/C16H23N3O4.ClH/c1-22-12-4-5-13(14(9-12)23-2)19-10-11(8-15(19)20)16(21)18-7-3-6-17;/h4-5,9,11H,3,6-8,10,17H2,1-2H3,(H,18,21);1H. The second-order valence-electron chi connectivity index (χ2n) is 5.38. The molecular weight excluding hydrogens is 334 g/mol. The molecule has 0 aromatic heterocycles. The van der Waals surface area contributed by atoms with Gasteiger partial charge in [0.2, 0.25) is 11.8 Å². The quantitative estimate of drug-likeness (QED) is 0.708. The Kier molecular flexibility index (Phi) is 7.81. The van der Waals surface area contributed by atoms with Gasteiger partial charge in [-0.3, -0.25) is 9.59 Å². The highest BCUT2D eigenvalue weighted by Gasteiger charge is 2.36. The lowest BCUT2D eigenvalue weighted by Crippen LogP contribution is -2.34. The van der Waals surface area contributed by atoms with Crippen LogP contribution in [-0.2, 0) is 9.59 Å². The van der Waals surface area contributed by atoms with Crippen LogP contribution in [0.15, 0.2) is 18.2 Å². The van der Waals surface area contributed by atoms with E-state index >= 15 is 0 Å². The number of anilines is 1. The predicted molar refractivity (Wildman–Crippen MR) is 93.9 cm³/mol. The number of hydrogen-bond donors (Lipinski definition) is 2. The normalized spacial score (nSPS) is 16.5. The number of nitrogens with two attached hydrogens (primary N) is 1. The highest BCUT2D eigenvalue weighted by Crippen LogP contribution is 2.35. The molecule has 0 saturated carbocycles. The fraction of sp³-hybridized carbons (Fsp3) is 0.500. The molecular formula is C16H24ClN3O4. The molecule has 1 fully saturated rings. The zero-order valence-electron chi connectivity index (χ0n) is 13.9. The molecule has 1 unspecified atom stereocenters. The molecule has 1 aliphatic heterocycles. The Morgan fingerprint density at radius 3 is 2.75 bits per heavy atom. The van der Waals surface area contributed by atoms with E-state index in [0.29, 0.717) is 36.8 Å². The zero-order chi connectivity index (χ0) is 16.8. The van der Waals surface area contributed by atoms with Crippen molar-refractivity contribution in [1.82, 2.24) is 5.32 Å². The molecule has 1 aliphatic rings. The highest BCUT2D eigenvalue weighted by molar-refractivity contribution is 6.01. The number of methoxy groups -OCH3 is 2. The van der Waals surface area contributed by atoms with Crippen LogP contribution in [-0.4, -0.2) is 45.7 Å². The summed E-state index contributed by atoms with van der Waals surface area (Å²) in [6.07, 6.45) is 0.923. The van der Waals surface area contributed by atoms with Gasteiger partial charge < -0.3 is 25.4 Å². The van der Waals surface area contributed by atoms with Gasteiger partial charge in [-0.05, 0) is 25.1 Å². The number of halogens is 1. The van der Waals surface area contributed by atoms with E-state index in [9.17, 15) is 9.59 Å². The van der Waals surface area contributed by atoms with Crippen LogP contribution < -0.4 is 25.4 Å². The first-order valence-electron chi connectivity index (χ1n) is 7.60. The molecule has 8 heteroatoms. The van der Waals surface area contributed by atoms with Crippen molar-refractivity contribution in [3.8, 4) is 11.5 Å². The molecule has 1 aromatic carbocycles. The van der Waals surface area contributed by atoms with Crippen molar-refractivity contribution < 1.29 is 19.1 Å². The lowest BCUT2D eigenvalue weighted by molar-refractivity contribution is -0.126. The Labute approximate surface area is 147 Å². The SMILES string of the molecule is COc1ccc(N2CC(C(=O)NCCCN)CC2=O)c(OC)c1.Cl. The summed E-state index contributed by atoms with van der Waals surface area (Å²) in [6, 6.07) is 5.25. The van der Waals surface area contributed by atoms with E-state index in [4.69, 9.17) is 15.2 Å². The van der Waals surface area contributed by atoms with Crippen LogP contribution in [0.25, 0.3) is 0 Å². The topological polar surface area (TPSA) is 93.9 Å². The molecule has 0 bridgehead atoms. The Morgan fingerprint density at radius 2 is 2.12 bits per heavy atom. The van der Waals surface area contributed by atoms with Crippen LogP contribution in [0.1, 0.15) is 12.8 Å². The maximum Gasteiger partial charge on any atom is 0.227 e. The molecule has 1 atom stereocenters. The van der Waals surface area contributed by atoms with Crippen LogP contribution in [0.4, 0.5) is 5.69 Å². The summed E-state index contributed by atoms with van der Waals surface area (Å²) in [5.74, 6) is 0.636. The van der Waals surface area contributed by atoms with Gasteiger partial charge in [-0.15, -0.1) is 12.4 Å². The van der Waals surface area contributed by atoms with Crippen LogP contribution >= 0.6 is 12.4 Å². The second-order valence-corrected chi connectivity index (χ2v) is 5.38. The van der Waals surface area contributed by atoms with E-state index in [0.717, 1.165) is 6.42 Å². The van der Waals surface area contributed by atoms with Crippen LogP contribution in [0.3, 0.4) is 0 Å². The number of rotatable bonds is 7. The van der Waals surface area contributed by atoms with E-state index in [-0.39, 0.29) is 36.6 Å². The van der Waals surface area contributed by atoms with Crippen LogP contribution in [0.2, 0.25) is 0 Å². The van der Waals surface area contributed by atoms with Crippen LogP contribution in [0.5, 0.6) is 11.5 Å². The molecule has 0 aliphatic carbocycles. The molecule has 2 rings (SSSR count). The molecule has 3 N–H and O–H groups in total. The van der Waals surface area contributed by atoms with Crippen molar-refractivity contribution >= 4 is 29.9 Å². The monoisotopic (exact) mass is 357 g/mol. The third-order valence-corrected chi connectivity index (χ3v) is 3.85. The first-order valence-corrected chi connectivity index (χ1v) is 7.60. The summed E-state index contributed by atoms with van der Waals surface area (Å²) < 4.78 is 10.5. The van der Waals surface area contributed by atoms with Crippen molar-refractivity contribution in [3.05, 3.63) is 18.2 Å². The molecule has 1 aromatic rings. The second kappa shape index (κ2) is 9.34. The van der Waals surface area contributed by atoms with Gasteiger partial charge in [-0.2, -0.15) is 0 Å². The Bertz CT molecular complexity index is 582. The molecule has 24 heavy (non-hydrogen) atoms. The largest absolute Gasteiger partial charge is 0.497 e. The number of amides is 2. The van der Waals surface area contributed by atoms with Gasteiger partial charge >= 0.3 is 0 Å². The van der Waals surface area contributed by atoms with E-state index in [2.05, 4.69) is 5.32 Å². The molecule has 0 radical (unpaired) electrons. The smallest absolute Gasteiger partial charge is 0.227 e. The third kappa shape index (κ3) is 4.52. The summed E-state index contributed by atoms with van der Waals surface area (Å²) in [4.78, 5) is 26.0. The van der Waals surface area contributed by atoms with E-state index in [1.165, 1.54) is 7.11 Å². The van der Waals surface area contributed by atoms with Gasteiger partial charge in [0.25, 0.3) is 0 Å². The maximum absolute atomic E-state index is 12.3. The van der Waals surface area contributed by atoms with Crippen molar-refractivity contribution in [2.75, 3.05) is 38.8 Å². The molecule has 1 saturated heterocycles. The number of carbonyl (C=O) groups is 2. The average Bonchev–Trinajstić information content (AvgIpc) is 2.96. The van der Waals surface area contributed by atoms with Crippen molar-refractivity contribution in [1.29, 1.82) is 0 Å². The summed E-state index contributed by atoms with van der Waals surface area (Å²) in [5.41, 5.74) is 6.05. The van der Waals surface area contributed by atoms with Crippen molar-refractivity contribution in [2.24, 2.45) is 11.7 Å². The maximum atomic E-state index is 12.3. The fourth-order valence-electron chi connectivity index (χ4n) is 2.58. The first-order chi connectivity index (χ1) is 11.1. The van der Waals surface area contributed by atoms with Gasteiger partial charge in [0.1, 0.15) is 11.5 Å². The summed E-state index contributed by atoms with van der Waals surface area (Å²) >= 11 is 0. The minimum absolute atomic E-state index is 0.